The quantitative estimate of drug-likeness (QED) is 0.730. The molecule has 0 aromatic carbocycles. The van der Waals surface area contributed by atoms with Crippen molar-refractivity contribution >= 4 is 23.8 Å². The molecular formula is C17H25N3O4S. The van der Waals surface area contributed by atoms with Crippen LogP contribution < -0.4 is 5.32 Å². The molecular weight excluding hydrogens is 342 g/mol. The minimum absolute atomic E-state index is 0.107. The van der Waals surface area contributed by atoms with E-state index in [1.165, 1.54) is 0 Å². The van der Waals surface area contributed by atoms with Gasteiger partial charge in [-0.2, -0.15) is 11.8 Å². The number of hydrogen-bond acceptors (Lipinski definition) is 5. The SMILES string of the molecule is CSCC[C@@H](NC(=O)N1CCC(OCc2cccnc2)CC1)C(=O)O. The molecule has 0 aliphatic carbocycles. The summed E-state index contributed by atoms with van der Waals surface area (Å²) >= 11 is 1.56. The summed E-state index contributed by atoms with van der Waals surface area (Å²) in [4.78, 5) is 29.2. The van der Waals surface area contributed by atoms with Crippen LogP contribution in [0.3, 0.4) is 0 Å². The minimum Gasteiger partial charge on any atom is -0.480 e. The van der Waals surface area contributed by atoms with E-state index in [1.54, 1.807) is 29.1 Å². The summed E-state index contributed by atoms with van der Waals surface area (Å²) in [5.74, 6) is -0.293. The molecule has 1 aliphatic rings. The second-order valence-corrected chi connectivity index (χ2v) is 6.97. The highest BCUT2D eigenvalue weighted by atomic mass is 32.2. The van der Waals surface area contributed by atoms with Gasteiger partial charge < -0.3 is 20.1 Å². The van der Waals surface area contributed by atoms with Crippen molar-refractivity contribution in [3.63, 3.8) is 0 Å². The number of hydrogen-bond donors (Lipinski definition) is 2. The zero-order valence-electron chi connectivity index (χ0n) is 14.4. The standard InChI is InChI=1S/C17H25N3O4S/c1-25-10-6-15(16(21)22)19-17(23)20-8-4-14(5-9-20)24-12-13-3-2-7-18-11-13/h2-3,7,11,14-15H,4-6,8-10,12H2,1H3,(H,19,23)(H,21,22)/t15-/m1/s1. The molecule has 0 bridgehead atoms. The van der Waals surface area contributed by atoms with Gasteiger partial charge in [0.05, 0.1) is 12.7 Å². The molecule has 1 aromatic heterocycles. The molecule has 1 aromatic rings. The Kier molecular flexibility index (Phi) is 8.00. The Morgan fingerprint density at radius 2 is 2.24 bits per heavy atom. The average Bonchev–Trinajstić information content (AvgIpc) is 2.64. The van der Waals surface area contributed by atoms with Crippen LogP contribution in [0.2, 0.25) is 0 Å². The second-order valence-electron chi connectivity index (χ2n) is 5.98. The number of nitrogens with zero attached hydrogens (tertiary/aromatic N) is 2. The number of rotatable bonds is 8. The number of likely N-dealkylation sites (tertiary alicyclic amines) is 1. The lowest BCUT2D eigenvalue weighted by Gasteiger charge is -2.32. The maximum Gasteiger partial charge on any atom is 0.326 e. The number of aromatic nitrogens is 1. The number of carboxylic acid groups (broad SMARTS) is 1. The smallest absolute Gasteiger partial charge is 0.326 e. The molecule has 138 valence electrons. The van der Waals surface area contributed by atoms with E-state index >= 15 is 0 Å². The molecule has 8 heteroatoms. The monoisotopic (exact) mass is 367 g/mol. The van der Waals surface area contributed by atoms with E-state index in [0.29, 0.717) is 31.9 Å². The number of piperidine rings is 1. The average molecular weight is 367 g/mol. The first-order valence-electron chi connectivity index (χ1n) is 8.38. The second kappa shape index (κ2) is 10.2. The Bertz CT molecular complexity index is 550. The first-order chi connectivity index (χ1) is 12.1. The van der Waals surface area contributed by atoms with Crippen molar-refractivity contribution < 1.29 is 19.4 Å². The summed E-state index contributed by atoms with van der Waals surface area (Å²) in [6, 6.07) is 2.70. The van der Waals surface area contributed by atoms with Gasteiger partial charge in [0.25, 0.3) is 0 Å². The van der Waals surface area contributed by atoms with Crippen molar-refractivity contribution in [1.29, 1.82) is 0 Å². The first-order valence-corrected chi connectivity index (χ1v) is 9.77. The van der Waals surface area contributed by atoms with Gasteiger partial charge in [0, 0.05) is 25.5 Å². The van der Waals surface area contributed by atoms with E-state index in [1.807, 2.05) is 18.4 Å². The molecule has 0 spiro atoms. The molecule has 0 saturated carbocycles. The van der Waals surface area contributed by atoms with E-state index < -0.39 is 12.0 Å². The minimum atomic E-state index is -0.989. The van der Waals surface area contributed by atoms with Gasteiger partial charge in [-0.15, -0.1) is 0 Å². The molecule has 2 amide bonds. The molecule has 7 nitrogen and oxygen atoms in total. The van der Waals surface area contributed by atoms with Gasteiger partial charge in [-0.3, -0.25) is 4.98 Å². The molecule has 0 unspecified atom stereocenters. The number of thioether (sulfide) groups is 1. The summed E-state index contributed by atoms with van der Waals surface area (Å²) < 4.78 is 5.87. The summed E-state index contributed by atoms with van der Waals surface area (Å²) in [7, 11) is 0. The number of urea groups is 1. The largest absolute Gasteiger partial charge is 0.480 e. The molecule has 2 rings (SSSR count). The summed E-state index contributed by atoms with van der Waals surface area (Å²) in [5.41, 5.74) is 1.03. The van der Waals surface area contributed by atoms with Crippen molar-refractivity contribution in [2.45, 2.75) is 38.0 Å². The highest BCUT2D eigenvalue weighted by molar-refractivity contribution is 7.98. The van der Waals surface area contributed by atoms with Crippen molar-refractivity contribution in [1.82, 2.24) is 15.2 Å². The van der Waals surface area contributed by atoms with Gasteiger partial charge in [0.15, 0.2) is 0 Å². The van der Waals surface area contributed by atoms with E-state index in [2.05, 4.69) is 10.3 Å². The van der Waals surface area contributed by atoms with Gasteiger partial charge >= 0.3 is 12.0 Å². The molecule has 1 fully saturated rings. The van der Waals surface area contributed by atoms with E-state index in [-0.39, 0.29) is 12.1 Å². The molecule has 1 aliphatic heterocycles. The third kappa shape index (κ3) is 6.55. The van der Waals surface area contributed by atoms with Crippen LogP contribution in [0, 0.1) is 0 Å². The lowest BCUT2D eigenvalue weighted by molar-refractivity contribution is -0.139. The van der Waals surface area contributed by atoms with Crippen molar-refractivity contribution in [3.8, 4) is 0 Å². The van der Waals surface area contributed by atoms with E-state index in [0.717, 1.165) is 18.4 Å². The Labute approximate surface area is 152 Å². The fraction of sp³-hybridized carbons (Fsp3) is 0.588. The molecule has 2 N–H and O–H groups in total. The van der Waals surface area contributed by atoms with Gasteiger partial charge in [0.1, 0.15) is 6.04 Å². The van der Waals surface area contributed by atoms with Gasteiger partial charge in [-0.1, -0.05) is 6.07 Å². The van der Waals surface area contributed by atoms with Crippen LogP contribution in [0.4, 0.5) is 4.79 Å². The van der Waals surface area contributed by atoms with Crippen molar-refractivity contribution in [2.75, 3.05) is 25.1 Å². The Balaban J connectivity index is 1.73. The number of carboxylic acids is 1. The van der Waals surface area contributed by atoms with Crippen LogP contribution >= 0.6 is 11.8 Å². The maximum atomic E-state index is 12.3. The summed E-state index contributed by atoms with van der Waals surface area (Å²) in [6.45, 7) is 1.65. The highest BCUT2D eigenvalue weighted by Gasteiger charge is 2.26. The zero-order chi connectivity index (χ0) is 18.1. The van der Waals surface area contributed by atoms with Crippen LogP contribution in [0.25, 0.3) is 0 Å². The number of pyridine rings is 1. The number of amides is 2. The highest BCUT2D eigenvalue weighted by Crippen LogP contribution is 2.16. The van der Waals surface area contributed by atoms with Gasteiger partial charge in [-0.05, 0) is 42.9 Å². The van der Waals surface area contributed by atoms with Crippen LogP contribution in [0.5, 0.6) is 0 Å². The lowest BCUT2D eigenvalue weighted by atomic mass is 10.1. The predicted molar refractivity (Wildman–Crippen MR) is 96.6 cm³/mol. The van der Waals surface area contributed by atoms with Crippen molar-refractivity contribution in [2.24, 2.45) is 0 Å². The Hall–Kier alpha value is -1.80. The van der Waals surface area contributed by atoms with Gasteiger partial charge in [-0.25, -0.2) is 9.59 Å². The number of ether oxygens (including phenoxy) is 1. The topological polar surface area (TPSA) is 91.8 Å². The van der Waals surface area contributed by atoms with Crippen LogP contribution in [-0.2, 0) is 16.1 Å². The van der Waals surface area contributed by atoms with Crippen molar-refractivity contribution in [3.05, 3.63) is 30.1 Å². The van der Waals surface area contributed by atoms with Crippen LogP contribution in [0.15, 0.2) is 24.5 Å². The molecule has 1 atom stereocenters. The Morgan fingerprint density at radius 3 is 2.84 bits per heavy atom. The Morgan fingerprint density at radius 1 is 1.48 bits per heavy atom. The van der Waals surface area contributed by atoms with Crippen LogP contribution in [0.1, 0.15) is 24.8 Å². The fourth-order valence-corrected chi connectivity index (χ4v) is 3.13. The third-order valence-corrected chi connectivity index (χ3v) is 4.79. The predicted octanol–water partition coefficient (Wildman–Crippen LogP) is 1.98. The van der Waals surface area contributed by atoms with E-state index in [4.69, 9.17) is 4.74 Å². The molecule has 1 saturated heterocycles. The number of aliphatic carboxylic acids is 1. The third-order valence-electron chi connectivity index (χ3n) is 4.14. The first kappa shape index (κ1) is 19.5. The fourth-order valence-electron chi connectivity index (χ4n) is 2.66. The number of carbonyl (C=O) groups excluding carboxylic acids is 1. The van der Waals surface area contributed by atoms with E-state index in [9.17, 15) is 14.7 Å². The molecule has 25 heavy (non-hydrogen) atoms. The summed E-state index contributed by atoms with van der Waals surface area (Å²) in [5, 5.41) is 11.8. The van der Waals surface area contributed by atoms with Gasteiger partial charge in [0.2, 0.25) is 0 Å². The lowest BCUT2D eigenvalue weighted by Crippen LogP contribution is -2.51. The molecule has 2 heterocycles. The number of carbonyl (C=O) groups is 2. The molecule has 0 radical (unpaired) electrons. The normalized spacial score (nSPS) is 16.4. The number of nitrogens with one attached hydrogen (secondary N) is 1. The van der Waals surface area contributed by atoms with Crippen LogP contribution in [-0.4, -0.2) is 64.2 Å². The zero-order valence-corrected chi connectivity index (χ0v) is 15.2. The summed E-state index contributed by atoms with van der Waals surface area (Å²) in [6.07, 6.45) is 7.44. The maximum absolute atomic E-state index is 12.3.